The molecule has 0 atom stereocenters. The van der Waals surface area contributed by atoms with Crippen LogP contribution in [0.4, 0.5) is 0 Å². The van der Waals surface area contributed by atoms with Crippen molar-refractivity contribution < 1.29 is 14.3 Å². The Labute approximate surface area is 103 Å². The van der Waals surface area contributed by atoms with Gasteiger partial charge in [-0.1, -0.05) is 0 Å². The van der Waals surface area contributed by atoms with E-state index in [0.717, 1.165) is 0 Å². The number of nitrogens with zero attached hydrogens (tertiary/aromatic N) is 1. The van der Waals surface area contributed by atoms with Gasteiger partial charge < -0.3 is 9.47 Å². The minimum absolute atomic E-state index is 0.108. The monoisotopic (exact) mass is 249 g/mol. The van der Waals surface area contributed by atoms with E-state index in [0.29, 0.717) is 21.9 Å². The lowest BCUT2D eigenvalue weighted by Gasteiger charge is -2.04. The van der Waals surface area contributed by atoms with Crippen LogP contribution < -0.4 is 9.47 Å². The molecule has 17 heavy (non-hydrogen) atoms. The van der Waals surface area contributed by atoms with Gasteiger partial charge in [0, 0.05) is 23.3 Å². The first-order valence-electron chi connectivity index (χ1n) is 4.92. The van der Waals surface area contributed by atoms with Crippen LogP contribution in [0.1, 0.15) is 15.2 Å². The summed E-state index contributed by atoms with van der Waals surface area (Å²) in [6, 6.07) is 3.45. The van der Waals surface area contributed by atoms with Crippen LogP contribution in [0.5, 0.6) is 11.5 Å². The predicted molar refractivity (Wildman–Crippen MR) is 65.1 cm³/mol. The van der Waals surface area contributed by atoms with Crippen molar-refractivity contribution in [1.82, 2.24) is 4.98 Å². The Balaban J connectivity index is 2.41. The summed E-state index contributed by atoms with van der Waals surface area (Å²) in [6.07, 6.45) is 3.16. The van der Waals surface area contributed by atoms with E-state index < -0.39 is 0 Å². The fraction of sp³-hybridized carbons (Fsp3) is 0.167. The predicted octanol–water partition coefficient (Wildman–Crippen LogP) is 2.39. The number of carbonyl (C=O) groups excluding carboxylic acids is 1. The fourth-order valence-corrected chi connectivity index (χ4v) is 2.39. The molecule has 4 nitrogen and oxygen atoms in total. The second kappa shape index (κ2) is 4.97. The molecule has 0 radical (unpaired) electrons. The average Bonchev–Trinajstić information content (AvgIpc) is 2.81. The Kier molecular flexibility index (Phi) is 3.39. The summed E-state index contributed by atoms with van der Waals surface area (Å²) in [5.41, 5.74) is 0.537. The lowest BCUT2D eigenvalue weighted by molar-refractivity contribution is 0.103. The number of carbonyl (C=O) groups is 1. The Hall–Kier alpha value is -1.88. The van der Waals surface area contributed by atoms with Gasteiger partial charge in [-0.15, -0.1) is 11.3 Å². The van der Waals surface area contributed by atoms with Crippen LogP contribution >= 0.6 is 11.3 Å². The first kappa shape index (κ1) is 11.6. The van der Waals surface area contributed by atoms with Gasteiger partial charge >= 0.3 is 0 Å². The lowest BCUT2D eigenvalue weighted by atomic mass is 10.1. The van der Waals surface area contributed by atoms with Gasteiger partial charge in [0.2, 0.25) is 5.78 Å². The normalized spacial score (nSPS) is 10.0. The van der Waals surface area contributed by atoms with Crippen LogP contribution in [0.3, 0.4) is 0 Å². The van der Waals surface area contributed by atoms with E-state index in [4.69, 9.17) is 9.47 Å². The van der Waals surface area contributed by atoms with Crippen LogP contribution in [-0.2, 0) is 0 Å². The molecular weight excluding hydrogens is 238 g/mol. The zero-order chi connectivity index (χ0) is 12.3. The molecule has 2 heterocycles. The number of methoxy groups -OCH3 is 2. The molecule has 0 amide bonds. The minimum atomic E-state index is -0.108. The van der Waals surface area contributed by atoms with Crippen molar-refractivity contribution >= 4 is 17.1 Å². The van der Waals surface area contributed by atoms with E-state index in [2.05, 4.69) is 4.98 Å². The molecule has 0 saturated carbocycles. The van der Waals surface area contributed by atoms with Gasteiger partial charge in [-0.25, -0.2) is 0 Å². The summed E-state index contributed by atoms with van der Waals surface area (Å²) in [6.45, 7) is 0. The van der Waals surface area contributed by atoms with Crippen molar-refractivity contribution in [2.45, 2.75) is 0 Å². The van der Waals surface area contributed by atoms with E-state index in [1.165, 1.54) is 24.6 Å². The van der Waals surface area contributed by atoms with Gasteiger partial charge in [-0.05, 0) is 12.1 Å². The number of aromatic nitrogens is 1. The number of ketones is 1. The summed E-state index contributed by atoms with van der Waals surface area (Å²) in [7, 11) is 3.06. The van der Waals surface area contributed by atoms with Crippen LogP contribution in [0.2, 0.25) is 0 Å². The van der Waals surface area contributed by atoms with Crippen molar-refractivity contribution in [3.8, 4) is 11.5 Å². The number of thiophene rings is 1. The second-order valence-corrected chi connectivity index (χ2v) is 4.12. The highest BCUT2D eigenvalue weighted by atomic mass is 32.1. The topological polar surface area (TPSA) is 48.4 Å². The Morgan fingerprint density at radius 2 is 2.18 bits per heavy atom. The molecule has 2 aromatic rings. The van der Waals surface area contributed by atoms with Gasteiger partial charge in [0.1, 0.15) is 4.88 Å². The van der Waals surface area contributed by atoms with Gasteiger partial charge in [0.15, 0.2) is 11.5 Å². The summed E-state index contributed by atoms with van der Waals surface area (Å²) in [4.78, 5) is 16.6. The van der Waals surface area contributed by atoms with Crippen molar-refractivity contribution in [2.75, 3.05) is 14.2 Å². The SMILES string of the molecule is COc1csc(C(=O)c2cccnc2)c1OC. The molecule has 2 rings (SSSR count). The zero-order valence-electron chi connectivity index (χ0n) is 9.47. The van der Waals surface area contributed by atoms with Gasteiger partial charge in [-0.2, -0.15) is 0 Å². The molecule has 0 N–H and O–H groups in total. The van der Waals surface area contributed by atoms with Crippen LogP contribution in [0.25, 0.3) is 0 Å². The second-order valence-electron chi connectivity index (χ2n) is 3.24. The highest BCUT2D eigenvalue weighted by Crippen LogP contribution is 2.38. The number of ether oxygens (including phenoxy) is 2. The van der Waals surface area contributed by atoms with Gasteiger partial charge in [0.25, 0.3) is 0 Å². The maximum absolute atomic E-state index is 12.2. The molecule has 0 aliphatic rings. The summed E-state index contributed by atoms with van der Waals surface area (Å²) < 4.78 is 10.3. The average molecular weight is 249 g/mol. The van der Waals surface area contributed by atoms with Crippen LogP contribution in [0, 0.1) is 0 Å². The molecule has 0 unspecified atom stereocenters. The summed E-state index contributed by atoms with van der Waals surface area (Å²) >= 11 is 1.30. The molecule has 0 bridgehead atoms. The van der Waals surface area contributed by atoms with Crippen LogP contribution in [0.15, 0.2) is 29.9 Å². The quantitative estimate of drug-likeness (QED) is 0.781. The smallest absolute Gasteiger partial charge is 0.208 e. The van der Waals surface area contributed by atoms with Gasteiger partial charge in [0.05, 0.1) is 14.2 Å². The molecule has 88 valence electrons. The molecule has 0 fully saturated rings. The fourth-order valence-electron chi connectivity index (χ4n) is 1.45. The maximum Gasteiger partial charge on any atom is 0.208 e. The number of pyridine rings is 1. The summed E-state index contributed by atoms with van der Waals surface area (Å²) in [5.74, 6) is 0.944. The Morgan fingerprint density at radius 1 is 1.35 bits per heavy atom. The van der Waals surface area contributed by atoms with Crippen LogP contribution in [-0.4, -0.2) is 25.0 Å². The Morgan fingerprint density at radius 3 is 2.76 bits per heavy atom. The third-order valence-corrected chi connectivity index (χ3v) is 3.21. The molecule has 0 aliphatic heterocycles. The summed E-state index contributed by atoms with van der Waals surface area (Å²) in [5, 5.41) is 1.75. The van der Waals surface area contributed by atoms with E-state index in [-0.39, 0.29) is 5.78 Å². The van der Waals surface area contributed by atoms with E-state index >= 15 is 0 Å². The minimum Gasteiger partial charge on any atom is -0.492 e. The molecular formula is C12H11NO3S. The van der Waals surface area contributed by atoms with Gasteiger partial charge in [-0.3, -0.25) is 9.78 Å². The number of rotatable bonds is 4. The molecule has 0 aliphatic carbocycles. The first-order valence-corrected chi connectivity index (χ1v) is 5.80. The van der Waals surface area contributed by atoms with E-state index in [9.17, 15) is 4.79 Å². The molecule has 2 aromatic heterocycles. The highest BCUT2D eigenvalue weighted by Gasteiger charge is 2.20. The largest absolute Gasteiger partial charge is 0.492 e. The highest BCUT2D eigenvalue weighted by molar-refractivity contribution is 7.13. The zero-order valence-corrected chi connectivity index (χ0v) is 10.3. The van der Waals surface area contributed by atoms with Crippen molar-refractivity contribution in [1.29, 1.82) is 0 Å². The van der Waals surface area contributed by atoms with Crippen molar-refractivity contribution in [3.63, 3.8) is 0 Å². The molecule has 0 spiro atoms. The number of hydrogen-bond acceptors (Lipinski definition) is 5. The molecule has 0 saturated heterocycles. The van der Waals surface area contributed by atoms with Crippen molar-refractivity contribution in [2.24, 2.45) is 0 Å². The lowest BCUT2D eigenvalue weighted by Crippen LogP contribution is -2.01. The third-order valence-electron chi connectivity index (χ3n) is 2.27. The third kappa shape index (κ3) is 2.14. The maximum atomic E-state index is 12.2. The van der Waals surface area contributed by atoms with Crippen molar-refractivity contribution in [3.05, 3.63) is 40.3 Å². The van der Waals surface area contributed by atoms with E-state index in [1.54, 1.807) is 30.8 Å². The Bertz CT molecular complexity index is 522. The molecule has 0 aromatic carbocycles. The number of hydrogen-bond donors (Lipinski definition) is 0. The standard InChI is InChI=1S/C12H11NO3S/c1-15-9-7-17-12(11(9)16-2)10(14)8-4-3-5-13-6-8/h3-7H,1-2H3. The van der Waals surface area contributed by atoms with E-state index in [1.807, 2.05) is 0 Å². The molecule has 5 heteroatoms. The first-order chi connectivity index (χ1) is 8.27.